The summed E-state index contributed by atoms with van der Waals surface area (Å²) in [6.45, 7) is 0.408. The van der Waals surface area contributed by atoms with Gasteiger partial charge in [-0.3, -0.25) is 10.1 Å². The van der Waals surface area contributed by atoms with Gasteiger partial charge in [0.25, 0.3) is 5.69 Å². The van der Waals surface area contributed by atoms with Crippen LogP contribution in [-0.4, -0.2) is 11.5 Å². The summed E-state index contributed by atoms with van der Waals surface area (Å²) < 4.78 is 5.56. The molecule has 0 N–H and O–H groups in total. The van der Waals surface area contributed by atoms with E-state index in [4.69, 9.17) is 4.74 Å². The Morgan fingerprint density at radius 2 is 1.74 bits per heavy atom. The second kappa shape index (κ2) is 6.24. The summed E-state index contributed by atoms with van der Waals surface area (Å²) in [6, 6.07) is 15.8. The largest absolute Gasteiger partial charge is 0.492 e. The highest BCUT2D eigenvalue weighted by atomic mass is 32.1. The fourth-order valence-corrected chi connectivity index (χ4v) is 1.86. The molecule has 2 rings (SSSR count). The molecule has 0 saturated carbocycles. The third kappa shape index (κ3) is 3.72. The minimum Gasteiger partial charge on any atom is -0.492 e. The van der Waals surface area contributed by atoms with Crippen molar-refractivity contribution in [1.82, 2.24) is 0 Å². The van der Waals surface area contributed by atoms with Crippen LogP contribution in [0.4, 0.5) is 5.69 Å². The number of thiol groups is 1. The van der Waals surface area contributed by atoms with Crippen molar-refractivity contribution >= 4 is 18.3 Å². The van der Waals surface area contributed by atoms with Crippen molar-refractivity contribution in [3.8, 4) is 5.75 Å². The average molecular weight is 275 g/mol. The van der Waals surface area contributed by atoms with Crippen LogP contribution in [0.2, 0.25) is 0 Å². The third-order valence-electron chi connectivity index (χ3n) is 2.64. The molecule has 0 radical (unpaired) electrons. The predicted octanol–water partition coefficient (Wildman–Crippen LogP) is 3.64. The van der Waals surface area contributed by atoms with E-state index in [-0.39, 0.29) is 10.9 Å². The molecule has 1 atom stereocenters. The van der Waals surface area contributed by atoms with Crippen LogP contribution < -0.4 is 4.74 Å². The molecule has 0 aliphatic rings. The zero-order valence-electron chi connectivity index (χ0n) is 10.1. The Bertz CT molecular complexity index is 542. The van der Waals surface area contributed by atoms with Gasteiger partial charge in [-0.05, 0) is 17.7 Å². The van der Waals surface area contributed by atoms with E-state index in [1.54, 1.807) is 12.1 Å². The Morgan fingerprint density at radius 3 is 2.32 bits per heavy atom. The summed E-state index contributed by atoms with van der Waals surface area (Å²) in [5.41, 5.74) is 1.13. The molecular weight excluding hydrogens is 262 g/mol. The zero-order chi connectivity index (χ0) is 13.7. The number of hydrogen-bond acceptors (Lipinski definition) is 4. The van der Waals surface area contributed by atoms with E-state index in [0.717, 1.165) is 5.56 Å². The first-order valence-corrected chi connectivity index (χ1v) is 6.29. The monoisotopic (exact) mass is 275 g/mol. The summed E-state index contributed by atoms with van der Waals surface area (Å²) >= 11 is 4.47. The van der Waals surface area contributed by atoms with Crippen LogP contribution in [0.1, 0.15) is 10.8 Å². The van der Waals surface area contributed by atoms with Gasteiger partial charge < -0.3 is 4.74 Å². The molecule has 0 aliphatic heterocycles. The van der Waals surface area contributed by atoms with E-state index in [9.17, 15) is 10.1 Å². The molecule has 0 aliphatic carbocycles. The van der Waals surface area contributed by atoms with E-state index in [2.05, 4.69) is 12.6 Å². The van der Waals surface area contributed by atoms with Gasteiger partial charge in [-0.1, -0.05) is 30.3 Å². The molecule has 0 amide bonds. The van der Waals surface area contributed by atoms with Gasteiger partial charge in [-0.25, -0.2) is 0 Å². The number of nitrogens with zero attached hydrogens (tertiary/aromatic N) is 1. The van der Waals surface area contributed by atoms with E-state index >= 15 is 0 Å². The molecule has 0 fully saturated rings. The Labute approximate surface area is 116 Å². The molecule has 0 spiro atoms. The summed E-state index contributed by atoms with van der Waals surface area (Å²) in [6.07, 6.45) is 0. The van der Waals surface area contributed by atoms with Crippen LogP contribution in [0.5, 0.6) is 5.75 Å². The summed E-state index contributed by atoms with van der Waals surface area (Å²) in [4.78, 5) is 10.1. The number of nitro groups is 1. The fraction of sp³-hybridized carbons (Fsp3) is 0.143. The van der Waals surface area contributed by atoms with Crippen molar-refractivity contribution in [3.63, 3.8) is 0 Å². The summed E-state index contributed by atoms with van der Waals surface area (Å²) in [5.74, 6) is 0.598. The van der Waals surface area contributed by atoms with Crippen LogP contribution in [0.15, 0.2) is 54.6 Å². The molecule has 4 nitrogen and oxygen atoms in total. The number of non-ortho nitro benzene ring substituents is 1. The molecule has 19 heavy (non-hydrogen) atoms. The average Bonchev–Trinajstić information content (AvgIpc) is 2.46. The van der Waals surface area contributed by atoms with Crippen molar-refractivity contribution in [1.29, 1.82) is 0 Å². The lowest BCUT2D eigenvalue weighted by atomic mass is 10.1. The molecule has 1 unspecified atom stereocenters. The van der Waals surface area contributed by atoms with Gasteiger partial charge in [0.15, 0.2) is 0 Å². The maximum atomic E-state index is 10.5. The van der Waals surface area contributed by atoms with Crippen molar-refractivity contribution in [2.45, 2.75) is 5.25 Å². The lowest BCUT2D eigenvalue weighted by Crippen LogP contribution is -2.05. The summed E-state index contributed by atoms with van der Waals surface area (Å²) in [7, 11) is 0. The van der Waals surface area contributed by atoms with Gasteiger partial charge in [0.05, 0.1) is 10.2 Å². The molecule has 0 bridgehead atoms. The second-order valence-electron chi connectivity index (χ2n) is 3.99. The van der Waals surface area contributed by atoms with Crippen molar-refractivity contribution in [3.05, 3.63) is 70.3 Å². The van der Waals surface area contributed by atoms with E-state index in [1.165, 1.54) is 12.1 Å². The molecule has 98 valence electrons. The number of nitro benzene ring substituents is 1. The van der Waals surface area contributed by atoms with Gasteiger partial charge in [-0.15, -0.1) is 0 Å². The predicted molar refractivity (Wildman–Crippen MR) is 76.8 cm³/mol. The highest BCUT2D eigenvalue weighted by Crippen LogP contribution is 2.22. The van der Waals surface area contributed by atoms with E-state index in [0.29, 0.717) is 12.4 Å². The first-order chi connectivity index (χ1) is 9.16. The molecular formula is C14H13NO3S. The van der Waals surface area contributed by atoms with Crippen molar-refractivity contribution in [2.75, 3.05) is 6.61 Å². The second-order valence-corrected chi connectivity index (χ2v) is 4.61. The standard InChI is InChI=1S/C14H13NO3S/c16-15(17)12-6-8-13(9-7-12)18-10-14(19)11-4-2-1-3-5-11/h1-9,14,19H,10H2. The molecule has 5 heteroatoms. The lowest BCUT2D eigenvalue weighted by Gasteiger charge is -2.12. The maximum Gasteiger partial charge on any atom is 0.269 e. The van der Waals surface area contributed by atoms with Crippen molar-refractivity contribution < 1.29 is 9.66 Å². The van der Waals surface area contributed by atoms with Crippen molar-refractivity contribution in [2.24, 2.45) is 0 Å². The van der Waals surface area contributed by atoms with E-state index in [1.807, 2.05) is 30.3 Å². The topological polar surface area (TPSA) is 52.4 Å². The summed E-state index contributed by atoms with van der Waals surface area (Å²) in [5, 5.41) is 10.5. The molecule has 2 aromatic carbocycles. The van der Waals surface area contributed by atoms with Gasteiger partial charge >= 0.3 is 0 Å². The van der Waals surface area contributed by atoms with Gasteiger partial charge in [-0.2, -0.15) is 12.6 Å². The molecule has 0 saturated heterocycles. The normalized spacial score (nSPS) is 11.8. The smallest absolute Gasteiger partial charge is 0.269 e. The van der Waals surface area contributed by atoms with Crippen LogP contribution in [-0.2, 0) is 0 Å². The SMILES string of the molecule is O=[N+]([O-])c1ccc(OCC(S)c2ccccc2)cc1. The highest BCUT2D eigenvalue weighted by Gasteiger charge is 2.08. The van der Waals surface area contributed by atoms with Crippen LogP contribution in [0.25, 0.3) is 0 Å². The van der Waals surface area contributed by atoms with Gasteiger partial charge in [0.1, 0.15) is 12.4 Å². The number of ether oxygens (including phenoxy) is 1. The van der Waals surface area contributed by atoms with Crippen LogP contribution in [0, 0.1) is 10.1 Å². The zero-order valence-corrected chi connectivity index (χ0v) is 11.0. The van der Waals surface area contributed by atoms with Crippen LogP contribution >= 0.6 is 12.6 Å². The Kier molecular flexibility index (Phi) is 4.41. The molecule has 2 aromatic rings. The molecule has 0 aromatic heterocycles. The Balaban J connectivity index is 1.93. The third-order valence-corrected chi connectivity index (χ3v) is 3.09. The Morgan fingerprint density at radius 1 is 1.11 bits per heavy atom. The maximum absolute atomic E-state index is 10.5. The minimum atomic E-state index is -0.435. The minimum absolute atomic E-state index is 0.0311. The quantitative estimate of drug-likeness (QED) is 0.515. The Hall–Kier alpha value is -2.01. The number of rotatable bonds is 5. The lowest BCUT2D eigenvalue weighted by molar-refractivity contribution is -0.384. The van der Waals surface area contributed by atoms with Gasteiger partial charge in [0.2, 0.25) is 0 Å². The number of benzene rings is 2. The first kappa shape index (κ1) is 13.4. The van der Waals surface area contributed by atoms with Crippen LogP contribution in [0.3, 0.4) is 0 Å². The van der Waals surface area contributed by atoms with Gasteiger partial charge in [0, 0.05) is 12.1 Å². The highest BCUT2D eigenvalue weighted by molar-refractivity contribution is 7.80. The number of hydrogen-bond donors (Lipinski definition) is 1. The fourth-order valence-electron chi connectivity index (χ4n) is 1.61. The molecule has 0 heterocycles. The van der Waals surface area contributed by atoms with E-state index < -0.39 is 4.92 Å². The first-order valence-electron chi connectivity index (χ1n) is 5.77.